The number of aliphatic imine (C=N–C) groups is 1. The third-order valence-corrected chi connectivity index (χ3v) is 5.16. The van der Waals surface area contributed by atoms with Crippen molar-refractivity contribution in [3.05, 3.63) is 43.8 Å². The molecular formula is C17H23BrIN5OS. The molecule has 2 aromatic rings. The molecule has 3 N–H and O–H groups in total. The molecule has 0 bridgehead atoms. The Labute approximate surface area is 183 Å². The largest absolute Gasteiger partial charge is 0.350 e. The lowest BCUT2D eigenvalue weighted by Crippen LogP contribution is -2.41. The van der Waals surface area contributed by atoms with Crippen molar-refractivity contribution in [2.75, 3.05) is 18.9 Å². The van der Waals surface area contributed by atoms with E-state index in [4.69, 9.17) is 0 Å². The molecule has 0 atom stereocenters. The molecule has 142 valence electrons. The number of hydrogen-bond acceptors (Lipinski definition) is 4. The van der Waals surface area contributed by atoms with Crippen molar-refractivity contribution in [1.82, 2.24) is 15.6 Å². The highest BCUT2D eigenvalue weighted by Crippen LogP contribution is 2.20. The fourth-order valence-electron chi connectivity index (χ4n) is 2.08. The maximum Gasteiger partial charge on any atom is 0.243 e. The number of rotatable bonds is 5. The van der Waals surface area contributed by atoms with Crippen LogP contribution in [0.2, 0.25) is 0 Å². The predicted molar refractivity (Wildman–Crippen MR) is 123 cm³/mol. The van der Waals surface area contributed by atoms with Crippen molar-refractivity contribution < 1.29 is 4.79 Å². The summed E-state index contributed by atoms with van der Waals surface area (Å²) in [7, 11) is 1.67. The van der Waals surface area contributed by atoms with E-state index in [1.165, 1.54) is 4.88 Å². The minimum atomic E-state index is -0.134. The standard InChI is InChI=1S/C17H22BrN5OS.HI/c1-10-5-6-13(18)7-14(10)23-15(24)8-20-17(19-4)21-9-16-22-11(2)12(3)25-16;/h5-7H,8-9H2,1-4H3,(H,23,24)(H2,19,20,21);1H. The number of aryl methyl sites for hydroxylation is 3. The summed E-state index contributed by atoms with van der Waals surface area (Å²) >= 11 is 5.06. The SMILES string of the molecule is CN=C(NCC(=O)Nc1cc(Br)ccc1C)NCc1nc(C)c(C)s1.I. The Bertz CT molecular complexity index is 774. The average Bonchev–Trinajstić information content (AvgIpc) is 2.89. The minimum absolute atomic E-state index is 0. The molecule has 6 nitrogen and oxygen atoms in total. The van der Waals surface area contributed by atoms with E-state index in [0.29, 0.717) is 12.5 Å². The molecule has 2 rings (SSSR count). The number of guanidine groups is 1. The van der Waals surface area contributed by atoms with E-state index in [1.807, 2.05) is 32.0 Å². The van der Waals surface area contributed by atoms with Crippen molar-refractivity contribution in [3.8, 4) is 0 Å². The zero-order valence-corrected chi connectivity index (χ0v) is 19.9. The van der Waals surface area contributed by atoms with Crippen molar-refractivity contribution in [2.45, 2.75) is 27.3 Å². The highest BCUT2D eigenvalue weighted by molar-refractivity contribution is 14.0. The lowest BCUT2D eigenvalue weighted by molar-refractivity contribution is -0.115. The van der Waals surface area contributed by atoms with Gasteiger partial charge in [0, 0.05) is 22.1 Å². The van der Waals surface area contributed by atoms with Gasteiger partial charge in [0.15, 0.2) is 5.96 Å². The molecule has 0 unspecified atom stereocenters. The Morgan fingerprint density at radius 1 is 1.27 bits per heavy atom. The van der Waals surface area contributed by atoms with Crippen molar-refractivity contribution >= 4 is 68.8 Å². The van der Waals surface area contributed by atoms with Crippen LogP contribution in [0.15, 0.2) is 27.7 Å². The Kier molecular flexibility index (Phi) is 9.51. The summed E-state index contributed by atoms with van der Waals surface area (Å²) in [6.07, 6.45) is 0. The van der Waals surface area contributed by atoms with E-state index < -0.39 is 0 Å². The van der Waals surface area contributed by atoms with Gasteiger partial charge in [0.2, 0.25) is 5.91 Å². The van der Waals surface area contributed by atoms with Crippen molar-refractivity contribution in [1.29, 1.82) is 0 Å². The predicted octanol–water partition coefficient (Wildman–Crippen LogP) is 3.75. The van der Waals surface area contributed by atoms with Gasteiger partial charge >= 0.3 is 0 Å². The molecule has 1 aromatic carbocycles. The van der Waals surface area contributed by atoms with E-state index in [-0.39, 0.29) is 36.4 Å². The molecule has 1 heterocycles. The van der Waals surface area contributed by atoms with Crippen LogP contribution in [0.4, 0.5) is 5.69 Å². The van der Waals surface area contributed by atoms with Crippen molar-refractivity contribution in [2.24, 2.45) is 4.99 Å². The van der Waals surface area contributed by atoms with Crippen LogP contribution in [0.3, 0.4) is 0 Å². The molecule has 1 amide bonds. The summed E-state index contributed by atoms with van der Waals surface area (Å²) in [4.78, 5) is 21.9. The van der Waals surface area contributed by atoms with Crippen LogP contribution in [-0.2, 0) is 11.3 Å². The van der Waals surface area contributed by atoms with Crippen LogP contribution in [0.5, 0.6) is 0 Å². The quantitative estimate of drug-likeness (QED) is 0.300. The van der Waals surface area contributed by atoms with Gasteiger partial charge in [0.1, 0.15) is 5.01 Å². The number of benzene rings is 1. The number of nitrogens with one attached hydrogen (secondary N) is 3. The highest BCUT2D eigenvalue weighted by atomic mass is 127. The lowest BCUT2D eigenvalue weighted by atomic mass is 10.2. The Morgan fingerprint density at radius 2 is 2.00 bits per heavy atom. The third kappa shape index (κ3) is 6.84. The zero-order chi connectivity index (χ0) is 18.4. The van der Waals surface area contributed by atoms with Gasteiger partial charge in [-0.05, 0) is 38.5 Å². The molecule has 0 spiro atoms. The Morgan fingerprint density at radius 3 is 2.62 bits per heavy atom. The van der Waals surface area contributed by atoms with Gasteiger partial charge in [0.05, 0.1) is 18.8 Å². The topological polar surface area (TPSA) is 78.4 Å². The monoisotopic (exact) mass is 551 g/mol. The number of aromatic nitrogens is 1. The molecule has 0 saturated carbocycles. The second kappa shape index (κ2) is 10.8. The van der Waals surface area contributed by atoms with Crippen LogP contribution in [0.25, 0.3) is 0 Å². The van der Waals surface area contributed by atoms with Crippen LogP contribution in [0, 0.1) is 20.8 Å². The molecule has 0 aliphatic carbocycles. The maximum atomic E-state index is 12.1. The number of carbonyl (C=O) groups is 1. The number of amides is 1. The summed E-state index contributed by atoms with van der Waals surface area (Å²) in [6, 6.07) is 5.77. The fourth-order valence-corrected chi connectivity index (χ4v) is 3.32. The number of anilines is 1. The summed E-state index contributed by atoms with van der Waals surface area (Å²) in [5.41, 5.74) is 2.85. The van der Waals surface area contributed by atoms with E-state index in [9.17, 15) is 4.79 Å². The van der Waals surface area contributed by atoms with Crippen LogP contribution < -0.4 is 16.0 Å². The first-order valence-corrected chi connectivity index (χ1v) is 9.43. The molecule has 1 aromatic heterocycles. The summed E-state index contributed by atoms with van der Waals surface area (Å²) in [5.74, 6) is 0.428. The number of thiazole rings is 1. The van der Waals surface area contributed by atoms with Crippen LogP contribution >= 0.6 is 51.2 Å². The molecular weight excluding hydrogens is 529 g/mol. The maximum absolute atomic E-state index is 12.1. The number of halogens is 2. The van der Waals surface area contributed by atoms with Gasteiger partial charge < -0.3 is 16.0 Å². The molecule has 9 heteroatoms. The second-order valence-electron chi connectivity index (χ2n) is 5.54. The van der Waals surface area contributed by atoms with Crippen LogP contribution in [0.1, 0.15) is 21.1 Å². The van der Waals surface area contributed by atoms with E-state index in [2.05, 4.69) is 48.8 Å². The molecule has 0 radical (unpaired) electrons. The number of hydrogen-bond donors (Lipinski definition) is 3. The number of carbonyl (C=O) groups excluding carboxylic acids is 1. The van der Waals surface area contributed by atoms with Crippen LogP contribution in [-0.4, -0.2) is 30.4 Å². The van der Waals surface area contributed by atoms with E-state index >= 15 is 0 Å². The normalized spacial score (nSPS) is 10.9. The van der Waals surface area contributed by atoms with Crippen molar-refractivity contribution in [3.63, 3.8) is 0 Å². The first kappa shape index (κ1) is 22.8. The van der Waals surface area contributed by atoms with Gasteiger partial charge in [-0.3, -0.25) is 9.79 Å². The molecule has 0 fully saturated rings. The minimum Gasteiger partial charge on any atom is -0.350 e. The molecule has 0 aliphatic heterocycles. The summed E-state index contributed by atoms with van der Waals surface area (Å²) in [6.45, 7) is 6.70. The second-order valence-corrected chi connectivity index (χ2v) is 7.74. The Hall–Kier alpha value is -1.20. The zero-order valence-electron chi connectivity index (χ0n) is 15.1. The molecule has 0 saturated heterocycles. The van der Waals surface area contributed by atoms with Gasteiger partial charge in [-0.15, -0.1) is 35.3 Å². The van der Waals surface area contributed by atoms with E-state index in [0.717, 1.165) is 26.4 Å². The fraction of sp³-hybridized carbons (Fsp3) is 0.353. The molecule has 0 aliphatic rings. The summed E-state index contributed by atoms with van der Waals surface area (Å²) in [5, 5.41) is 10.1. The van der Waals surface area contributed by atoms with E-state index in [1.54, 1.807) is 18.4 Å². The first-order valence-electron chi connectivity index (χ1n) is 7.82. The van der Waals surface area contributed by atoms with Gasteiger partial charge in [-0.1, -0.05) is 22.0 Å². The summed E-state index contributed by atoms with van der Waals surface area (Å²) < 4.78 is 0.924. The first-order chi connectivity index (χ1) is 11.9. The Balaban J connectivity index is 0.00000338. The lowest BCUT2D eigenvalue weighted by Gasteiger charge is -2.12. The third-order valence-electron chi connectivity index (χ3n) is 3.59. The average molecular weight is 552 g/mol. The number of nitrogens with zero attached hydrogens (tertiary/aromatic N) is 2. The molecule has 26 heavy (non-hydrogen) atoms. The highest BCUT2D eigenvalue weighted by Gasteiger charge is 2.08. The van der Waals surface area contributed by atoms with Gasteiger partial charge in [0.25, 0.3) is 0 Å². The van der Waals surface area contributed by atoms with Gasteiger partial charge in [-0.2, -0.15) is 0 Å². The smallest absolute Gasteiger partial charge is 0.243 e. The van der Waals surface area contributed by atoms with Gasteiger partial charge in [-0.25, -0.2) is 4.98 Å².